The Morgan fingerprint density at radius 3 is 2.69 bits per heavy atom. The summed E-state index contributed by atoms with van der Waals surface area (Å²) in [6.07, 6.45) is 2.70. The molecule has 78 valence electrons. The number of likely N-dealkylation sites (tertiary alicyclic amines) is 1. The van der Waals surface area contributed by atoms with E-state index in [-0.39, 0.29) is 6.67 Å². The van der Waals surface area contributed by atoms with Crippen LogP contribution in [0.25, 0.3) is 0 Å². The van der Waals surface area contributed by atoms with Crippen molar-refractivity contribution in [3.63, 3.8) is 0 Å². The highest BCUT2D eigenvalue weighted by atomic mass is 19.1. The SMILES string of the molecule is CC(CNCCF)CN1CCCC1. The molecule has 1 fully saturated rings. The van der Waals surface area contributed by atoms with Crippen molar-refractivity contribution >= 4 is 0 Å². The van der Waals surface area contributed by atoms with Crippen molar-refractivity contribution in [3.05, 3.63) is 0 Å². The van der Waals surface area contributed by atoms with Gasteiger partial charge in [0.15, 0.2) is 0 Å². The van der Waals surface area contributed by atoms with E-state index in [4.69, 9.17) is 0 Å². The van der Waals surface area contributed by atoms with Gasteiger partial charge >= 0.3 is 0 Å². The fourth-order valence-corrected chi connectivity index (χ4v) is 1.89. The summed E-state index contributed by atoms with van der Waals surface area (Å²) in [5.41, 5.74) is 0. The normalized spacial score (nSPS) is 20.8. The van der Waals surface area contributed by atoms with Crippen LogP contribution in [0.4, 0.5) is 4.39 Å². The average Bonchev–Trinajstić information content (AvgIpc) is 2.57. The summed E-state index contributed by atoms with van der Waals surface area (Å²) in [4.78, 5) is 2.50. The molecule has 0 radical (unpaired) electrons. The molecule has 0 saturated carbocycles. The molecule has 0 spiro atoms. The van der Waals surface area contributed by atoms with Crippen molar-refractivity contribution in [3.8, 4) is 0 Å². The number of hydrogen-bond donors (Lipinski definition) is 1. The number of alkyl halides is 1. The molecule has 1 atom stereocenters. The fraction of sp³-hybridized carbons (Fsp3) is 1.00. The molecular formula is C10H21FN2. The summed E-state index contributed by atoms with van der Waals surface area (Å²) in [5.74, 6) is 0.643. The van der Waals surface area contributed by atoms with Gasteiger partial charge in [-0.15, -0.1) is 0 Å². The van der Waals surface area contributed by atoms with Gasteiger partial charge in [-0.2, -0.15) is 0 Å². The number of nitrogens with one attached hydrogen (secondary N) is 1. The van der Waals surface area contributed by atoms with E-state index in [1.165, 1.54) is 32.5 Å². The molecule has 1 saturated heterocycles. The van der Waals surface area contributed by atoms with Gasteiger partial charge < -0.3 is 10.2 Å². The van der Waals surface area contributed by atoms with Crippen LogP contribution in [-0.2, 0) is 0 Å². The molecule has 1 rings (SSSR count). The van der Waals surface area contributed by atoms with Crippen molar-refractivity contribution in [1.82, 2.24) is 10.2 Å². The number of nitrogens with zero attached hydrogens (tertiary/aromatic N) is 1. The van der Waals surface area contributed by atoms with E-state index in [2.05, 4.69) is 17.1 Å². The first kappa shape index (κ1) is 10.9. The Morgan fingerprint density at radius 1 is 1.38 bits per heavy atom. The number of hydrogen-bond acceptors (Lipinski definition) is 2. The van der Waals surface area contributed by atoms with Crippen molar-refractivity contribution in [2.45, 2.75) is 19.8 Å². The third-order valence-electron chi connectivity index (χ3n) is 2.53. The second-order valence-electron chi connectivity index (χ2n) is 4.01. The van der Waals surface area contributed by atoms with Crippen LogP contribution < -0.4 is 5.32 Å². The highest BCUT2D eigenvalue weighted by Gasteiger charge is 2.13. The van der Waals surface area contributed by atoms with Crippen molar-refractivity contribution in [1.29, 1.82) is 0 Å². The van der Waals surface area contributed by atoms with Gasteiger partial charge in [-0.3, -0.25) is 0 Å². The fourth-order valence-electron chi connectivity index (χ4n) is 1.89. The van der Waals surface area contributed by atoms with Gasteiger partial charge in [-0.05, 0) is 38.4 Å². The number of halogens is 1. The first-order valence-corrected chi connectivity index (χ1v) is 5.32. The van der Waals surface area contributed by atoms with E-state index in [9.17, 15) is 4.39 Å². The summed E-state index contributed by atoms with van der Waals surface area (Å²) in [6, 6.07) is 0. The number of rotatable bonds is 6. The highest BCUT2D eigenvalue weighted by molar-refractivity contribution is 4.69. The minimum atomic E-state index is -0.254. The third kappa shape index (κ3) is 4.58. The Hall–Kier alpha value is -0.150. The van der Waals surface area contributed by atoms with Crippen LogP contribution in [0.1, 0.15) is 19.8 Å². The van der Waals surface area contributed by atoms with Crippen LogP contribution >= 0.6 is 0 Å². The molecule has 1 aliphatic rings. The van der Waals surface area contributed by atoms with Crippen LogP contribution in [-0.4, -0.2) is 44.3 Å². The van der Waals surface area contributed by atoms with Crippen LogP contribution in [0.15, 0.2) is 0 Å². The molecule has 0 bridgehead atoms. The molecule has 1 N–H and O–H groups in total. The molecule has 0 amide bonds. The van der Waals surface area contributed by atoms with Crippen molar-refractivity contribution in [2.75, 3.05) is 39.4 Å². The summed E-state index contributed by atoms with van der Waals surface area (Å²) in [6.45, 7) is 7.10. The predicted molar refractivity (Wildman–Crippen MR) is 53.7 cm³/mol. The maximum atomic E-state index is 11.8. The molecule has 0 aromatic heterocycles. The van der Waals surface area contributed by atoms with Gasteiger partial charge in [-0.25, -0.2) is 4.39 Å². The van der Waals surface area contributed by atoms with E-state index in [1.807, 2.05) is 0 Å². The lowest BCUT2D eigenvalue weighted by Crippen LogP contribution is -2.32. The van der Waals surface area contributed by atoms with Gasteiger partial charge in [0, 0.05) is 13.1 Å². The zero-order valence-corrected chi connectivity index (χ0v) is 8.56. The van der Waals surface area contributed by atoms with Crippen molar-refractivity contribution < 1.29 is 4.39 Å². The second-order valence-corrected chi connectivity index (χ2v) is 4.01. The van der Waals surface area contributed by atoms with Crippen LogP contribution in [0.2, 0.25) is 0 Å². The average molecular weight is 188 g/mol. The third-order valence-corrected chi connectivity index (χ3v) is 2.53. The Kier molecular flexibility index (Phi) is 5.32. The van der Waals surface area contributed by atoms with Gasteiger partial charge in [0.2, 0.25) is 0 Å². The van der Waals surface area contributed by atoms with Gasteiger partial charge in [0.1, 0.15) is 6.67 Å². The largest absolute Gasteiger partial charge is 0.314 e. The van der Waals surface area contributed by atoms with Crippen LogP contribution in [0.5, 0.6) is 0 Å². The van der Waals surface area contributed by atoms with Gasteiger partial charge in [0.05, 0.1) is 0 Å². The monoisotopic (exact) mass is 188 g/mol. The Labute approximate surface area is 80.5 Å². The van der Waals surface area contributed by atoms with E-state index >= 15 is 0 Å². The highest BCUT2D eigenvalue weighted by Crippen LogP contribution is 2.09. The molecule has 0 aromatic rings. The van der Waals surface area contributed by atoms with E-state index in [1.54, 1.807) is 0 Å². The maximum absolute atomic E-state index is 11.8. The Balaban J connectivity index is 1.99. The molecule has 2 nitrogen and oxygen atoms in total. The topological polar surface area (TPSA) is 15.3 Å². The second kappa shape index (κ2) is 6.33. The summed E-state index contributed by atoms with van der Waals surface area (Å²) in [5, 5.41) is 3.11. The molecule has 0 aromatic carbocycles. The molecule has 1 unspecified atom stereocenters. The lowest BCUT2D eigenvalue weighted by molar-refractivity contribution is 0.281. The van der Waals surface area contributed by atoms with E-state index in [0.29, 0.717) is 12.5 Å². The lowest BCUT2D eigenvalue weighted by Gasteiger charge is -2.20. The quantitative estimate of drug-likeness (QED) is 0.632. The summed E-state index contributed by atoms with van der Waals surface area (Å²) >= 11 is 0. The minimum absolute atomic E-state index is 0.254. The molecule has 0 aliphatic carbocycles. The minimum Gasteiger partial charge on any atom is -0.314 e. The van der Waals surface area contributed by atoms with Gasteiger partial charge in [-0.1, -0.05) is 6.92 Å². The molecule has 13 heavy (non-hydrogen) atoms. The predicted octanol–water partition coefficient (Wildman–Crippen LogP) is 1.28. The van der Waals surface area contributed by atoms with Crippen LogP contribution in [0, 0.1) is 5.92 Å². The maximum Gasteiger partial charge on any atom is 0.102 e. The summed E-state index contributed by atoms with van der Waals surface area (Å²) in [7, 11) is 0. The first-order chi connectivity index (χ1) is 6.33. The van der Waals surface area contributed by atoms with Crippen LogP contribution in [0.3, 0.4) is 0 Å². The molecule has 1 aliphatic heterocycles. The molecule has 3 heteroatoms. The standard InChI is InChI=1S/C10H21FN2/c1-10(8-12-5-4-11)9-13-6-2-3-7-13/h10,12H,2-9H2,1H3. The Bertz CT molecular complexity index is 124. The zero-order chi connectivity index (χ0) is 9.52. The lowest BCUT2D eigenvalue weighted by atomic mass is 10.1. The van der Waals surface area contributed by atoms with Gasteiger partial charge in [0.25, 0.3) is 0 Å². The smallest absolute Gasteiger partial charge is 0.102 e. The molecule has 1 heterocycles. The zero-order valence-electron chi connectivity index (χ0n) is 8.56. The first-order valence-electron chi connectivity index (χ1n) is 5.32. The Morgan fingerprint density at radius 2 is 2.08 bits per heavy atom. The van der Waals surface area contributed by atoms with Crippen molar-refractivity contribution in [2.24, 2.45) is 5.92 Å². The summed E-state index contributed by atoms with van der Waals surface area (Å²) < 4.78 is 11.8. The van der Waals surface area contributed by atoms with E-state index in [0.717, 1.165) is 6.54 Å². The molecular weight excluding hydrogens is 167 g/mol. The van der Waals surface area contributed by atoms with E-state index < -0.39 is 0 Å².